The Hall–Kier alpha value is -0.660. The maximum Gasteiger partial charge on any atom is 0.254 e. The van der Waals surface area contributed by atoms with Crippen LogP contribution in [0.2, 0.25) is 0 Å². The molecule has 0 spiro atoms. The molecule has 0 aliphatic rings. The van der Waals surface area contributed by atoms with Crippen LogP contribution in [0, 0.1) is 0 Å². The van der Waals surface area contributed by atoms with E-state index in [0.717, 1.165) is 0 Å². The van der Waals surface area contributed by atoms with E-state index in [-0.39, 0.29) is 14.6 Å². The number of carbonyl (C=O) groups is 1. The number of hydrogen-bond acceptors (Lipinski definition) is 2. The van der Waals surface area contributed by atoms with Crippen molar-refractivity contribution in [3.05, 3.63) is 24.3 Å². The number of amides is 1. The Labute approximate surface area is 87.3 Å². The van der Waals surface area contributed by atoms with Crippen LogP contribution in [0.25, 0.3) is 0 Å². The Bertz CT molecular complexity index is 236. The van der Waals surface area contributed by atoms with Gasteiger partial charge in [-0.3, -0.25) is 9.46 Å². The normalized spacial score (nSPS) is 14.4. The third-order valence-corrected chi connectivity index (χ3v) is 2.88. The smallest absolute Gasteiger partial charge is 0.254 e. The molecule has 0 aliphatic carbocycles. The lowest BCUT2D eigenvalue weighted by Crippen LogP contribution is -2.32. The van der Waals surface area contributed by atoms with Crippen molar-refractivity contribution in [2.45, 2.75) is 26.5 Å². The third kappa shape index (κ3) is 3.60. The molecular weight excluding hydrogens is 197 g/mol. The predicted octanol–water partition coefficient (Wildman–Crippen LogP) is 1.90. The Morgan fingerprint density at radius 3 is 2.57 bits per heavy atom. The van der Waals surface area contributed by atoms with E-state index < -0.39 is 6.23 Å². The minimum Gasteiger partial charge on any atom is -0.374 e. The molecule has 0 aromatic rings. The van der Waals surface area contributed by atoms with Crippen molar-refractivity contribution in [1.29, 1.82) is 0 Å². The predicted molar refractivity (Wildman–Crippen MR) is 61.3 cm³/mol. The molecule has 80 valence electrons. The maximum absolute atomic E-state index is 11.8. The molecule has 4 heteroatoms. The van der Waals surface area contributed by atoms with Crippen molar-refractivity contribution in [3.8, 4) is 0 Å². The van der Waals surface area contributed by atoms with Gasteiger partial charge in [0.1, 0.15) is 6.23 Å². The van der Waals surface area contributed by atoms with Gasteiger partial charge in [0.25, 0.3) is 5.91 Å². The molecule has 1 amide bonds. The Balaban J connectivity index is 4.63. The number of carbonyl (C=O) groups excluding carboxylic acids is 1. The maximum atomic E-state index is 11.8. The lowest BCUT2D eigenvalue weighted by molar-refractivity contribution is -0.127. The van der Waals surface area contributed by atoms with E-state index in [0.29, 0.717) is 12.0 Å². The molecule has 0 saturated heterocycles. The topological polar surface area (TPSA) is 40.5 Å². The molecule has 0 aliphatic heterocycles. The number of allylic oxidation sites excluding steroid dienone is 2. The van der Waals surface area contributed by atoms with Gasteiger partial charge in [-0.15, -0.1) is 6.58 Å². The van der Waals surface area contributed by atoms with Gasteiger partial charge in [-0.1, -0.05) is 12.2 Å². The first-order valence-corrected chi connectivity index (χ1v) is 5.98. The van der Waals surface area contributed by atoms with Gasteiger partial charge < -0.3 is 5.11 Å². The molecule has 0 radical (unpaired) electrons. The van der Waals surface area contributed by atoms with Crippen molar-refractivity contribution < 1.29 is 9.90 Å². The first kappa shape index (κ1) is 13.3. The van der Waals surface area contributed by atoms with E-state index in [1.807, 2.05) is 13.6 Å². The monoisotopic (exact) mass is 215 g/mol. The molecule has 14 heavy (non-hydrogen) atoms. The standard InChI is InChI=1S/C10H18NO2P/c1-5-7-9(6-2)10(13)11(14-4)8(3)12/h5-6,8,12,14H,1,7H2,2-4H3/b9-6+. The van der Waals surface area contributed by atoms with Crippen LogP contribution in [0.1, 0.15) is 20.3 Å². The summed E-state index contributed by atoms with van der Waals surface area (Å²) >= 11 is 0. The summed E-state index contributed by atoms with van der Waals surface area (Å²) in [7, 11) is 0.268. The highest BCUT2D eigenvalue weighted by Crippen LogP contribution is 2.20. The summed E-state index contributed by atoms with van der Waals surface area (Å²) in [6.45, 7) is 8.86. The number of hydrogen-bond donors (Lipinski definition) is 1. The fourth-order valence-electron chi connectivity index (χ4n) is 1.10. The van der Waals surface area contributed by atoms with Crippen LogP contribution in [-0.2, 0) is 4.79 Å². The SMILES string of the molecule is C=CC/C(=C\C)C(=O)N(PC)C(C)O. The summed E-state index contributed by atoms with van der Waals surface area (Å²) in [6, 6.07) is 0. The molecule has 0 aromatic heterocycles. The summed E-state index contributed by atoms with van der Waals surface area (Å²) in [5.74, 6) is -0.108. The van der Waals surface area contributed by atoms with Gasteiger partial charge in [-0.2, -0.15) is 0 Å². The van der Waals surface area contributed by atoms with Gasteiger partial charge in [0, 0.05) is 5.57 Å². The zero-order valence-electron chi connectivity index (χ0n) is 8.95. The molecule has 0 fully saturated rings. The first-order valence-electron chi connectivity index (χ1n) is 4.53. The van der Waals surface area contributed by atoms with E-state index in [9.17, 15) is 9.90 Å². The van der Waals surface area contributed by atoms with E-state index in [4.69, 9.17) is 0 Å². The molecule has 0 aromatic carbocycles. The molecule has 0 rings (SSSR count). The fourth-order valence-corrected chi connectivity index (χ4v) is 1.82. The molecular formula is C10H18NO2P. The van der Waals surface area contributed by atoms with Crippen LogP contribution in [-0.4, -0.2) is 28.6 Å². The van der Waals surface area contributed by atoms with Crippen LogP contribution in [0.3, 0.4) is 0 Å². The number of aliphatic hydroxyl groups excluding tert-OH is 1. The average Bonchev–Trinajstić information content (AvgIpc) is 2.14. The fraction of sp³-hybridized carbons (Fsp3) is 0.500. The van der Waals surface area contributed by atoms with Gasteiger partial charge >= 0.3 is 0 Å². The second kappa shape index (κ2) is 6.74. The van der Waals surface area contributed by atoms with Gasteiger partial charge in [0.15, 0.2) is 0 Å². The minimum atomic E-state index is -0.731. The molecule has 2 atom stereocenters. The van der Waals surface area contributed by atoms with Crippen molar-refractivity contribution in [2.24, 2.45) is 0 Å². The Morgan fingerprint density at radius 1 is 1.71 bits per heavy atom. The molecule has 2 unspecified atom stereocenters. The quantitative estimate of drug-likeness (QED) is 0.329. The summed E-state index contributed by atoms with van der Waals surface area (Å²) in [5.41, 5.74) is 0.676. The lowest BCUT2D eigenvalue weighted by Gasteiger charge is -2.24. The largest absolute Gasteiger partial charge is 0.374 e. The van der Waals surface area contributed by atoms with Crippen LogP contribution >= 0.6 is 8.73 Å². The lowest BCUT2D eigenvalue weighted by atomic mass is 10.1. The highest BCUT2D eigenvalue weighted by Gasteiger charge is 2.18. The summed E-state index contributed by atoms with van der Waals surface area (Å²) in [4.78, 5) is 11.8. The number of aliphatic hydroxyl groups is 1. The van der Waals surface area contributed by atoms with Crippen molar-refractivity contribution in [1.82, 2.24) is 4.67 Å². The molecule has 0 bridgehead atoms. The van der Waals surface area contributed by atoms with Crippen LogP contribution in [0.5, 0.6) is 0 Å². The molecule has 0 heterocycles. The van der Waals surface area contributed by atoms with Gasteiger partial charge in [-0.25, -0.2) is 0 Å². The van der Waals surface area contributed by atoms with Gasteiger partial charge in [-0.05, 0) is 35.7 Å². The Kier molecular flexibility index (Phi) is 6.43. The number of nitrogens with zero attached hydrogens (tertiary/aromatic N) is 1. The Morgan fingerprint density at radius 2 is 2.29 bits per heavy atom. The third-order valence-electron chi connectivity index (χ3n) is 1.82. The van der Waals surface area contributed by atoms with Crippen molar-refractivity contribution in [3.63, 3.8) is 0 Å². The van der Waals surface area contributed by atoms with E-state index >= 15 is 0 Å². The average molecular weight is 215 g/mol. The van der Waals surface area contributed by atoms with E-state index in [1.54, 1.807) is 19.1 Å². The minimum absolute atomic E-state index is 0.108. The second-order valence-corrected chi connectivity index (χ2v) is 3.77. The summed E-state index contributed by atoms with van der Waals surface area (Å²) in [5, 5.41) is 9.35. The van der Waals surface area contributed by atoms with E-state index in [1.165, 1.54) is 4.67 Å². The van der Waals surface area contributed by atoms with Crippen LogP contribution in [0.4, 0.5) is 0 Å². The zero-order chi connectivity index (χ0) is 11.1. The van der Waals surface area contributed by atoms with Gasteiger partial charge in [0.2, 0.25) is 0 Å². The van der Waals surface area contributed by atoms with Crippen LogP contribution < -0.4 is 0 Å². The molecule has 0 saturated carbocycles. The highest BCUT2D eigenvalue weighted by molar-refractivity contribution is 7.35. The van der Waals surface area contributed by atoms with Crippen molar-refractivity contribution >= 4 is 14.6 Å². The second-order valence-electron chi connectivity index (χ2n) is 2.84. The van der Waals surface area contributed by atoms with Crippen molar-refractivity contribution in [2.75, 3.05) is 6.66 Å². The van der Waals surface area contributed by atoms with Crippen LogP contribution in [0.15, 0.2) is 24.3 Å². The summed E-state index contributed by atoms with van der Waals surface area (Å²) < 4.78 is 1.44. The summed E-state index contributed by atoms with van der Waals surface area (Å²) in [6.07, 6.45) is 3.26. The van der Waals surface area contributed by atoms with Gasteiger partial charge in [0.05, 0.1) is 0 Å². The molecule has 1 N–H and O–H groups in total. The van der Waals surface area contributed by atoms with E-state index in [2.05, 4.69) is 6.58 Å². The zero-order valence-corrected chi connectivity index (χ0v) is 9.95. The highest BCUT2D eigenvalue weighted by atomic mass is 31.1. The number of rotatable bonds is 5. The first-order chi connectivity index (χ1) is 6.58. The molecule has 3 nitrogen and oxygen atoms in total.